The van der Waals surface area contributed by atoms with Crippen molar-refractivity contribution in [3.63, 3.8) is 0 Å². The largest absolute Gasteiger partial charge is 0.463 e. The minimum absolute atomic E-state index is 0.0524. The number of hydrogen-bond donors (Lipinski definition) is 2. The van der Waals surface area contributed by atoms with Crippen LogP contribution in [0.3, 0.4) is 0 Å². The lowest BCUT2D eigenvalue weighted by Crippen LogP contribution is -2.87. The molecule has 0 aliphatic carbocycles. The van der Waals surface area contributed by atoms with Crippen molar-refractivity contribution in [1.82, 2.24) is 0 Å². The number of nitrogens with one attached hydrogen (secondary N) is 1. The summed E-state index contributed by atoms with van der Waals surface area (Å²) >= 11 is 3.48. The Balaban J connectivity index is 1.68. The van der Waals surface area contributed by atoms with E-state index in [1.165, 1.54) is 0 Å². The summed E-state index contributed by atoms with van der Waals surface area (Å²) in [5.41, 5.74) is 3.01. The number of rotatable bonds is 6. The molecular weight excluding hydrogens is 380 g/mol. The number of nitrogens with two attached hydrogens (primary N) is 1. The molecule has 0 aliphatic rings. The highest BCUT2D eigenvalue weighted by Crippen LogP contribution is 2.23. The Morgan fingerprint density at radius 2 is 1.96 bits per heavy atom. The molecule has 1 heterocycles. The van der Waals surface area contributed by atoms with Crippen LogP contribution in [0.15, 0.2) is 75.8 Å². The van der Waals surface area contributed by atoms with Crippen LogP contribution in [0.5, 0.6) is 0 Å². The summed E-state index contributed by atoms with van der Waals surface area (Å²) in [7, 11) is 0. The summed E-state index contributed by atoms with van der Waals surface area (Å²) < 4.78 is 6.44. The summed E-state index contributed by atoms with van der Waals surface area (Å²) in [5.74, 6) is 0.771. The molecule has 3 aromatic rings. The first kappa shape index (κ1) is 17.5. The van der Waals surface area contributed by atoms with E-state index in [4.69, 9.17) is 4.42 Å². The quantitative estimate of drug-likeness (QED) is 0.664. The standard InChI is InChI=1S/C20H19BrN2O2/c1-14-9-10-17(16(21)12-14)23-19(24)13-22-20(18-8-5-11-25-18)15-6-3-2-4-7-15/h2-12,20,22H,13H2,1H3,(H,23,24)/p+1/t20-/m1/s1. The normalized spacial score (nSPS) is 11.9. The average molecular weight is 400 g/mol. The fourth-order valence-corrected chi connectivity index (χ4v) is 3.29. The van der Waals surface area contributed by atoms with Gasteiger partial charge in [-0.15, -0.1) is 0 Å². The van der Waals surface area contributed by atoms with E-state index < -0.39 is 0 Å². The first-order valence-corrected chi connectivity index (χ1v) is 8.90. The Bertz CT molecular complexity index is 832. The van der Waals surface area contributed by atoms with Crippen LogP contribution in [-0.2, 0) is 4.79 Å². The number of carbonyl (C=O) groups excluding carboxylic acids is 1. The first-order chi connectivity index (χ1) is 12.1. The van der Waals surface area contributed by atoms with Crippen LogP contribution in [0.25, 0.3) is 0 Å². The topological polar surface area (TPSA) is 58.9 Å². The molecule has 3 rings (SSSR count). The fraction of sp³-hybridized carbons (Fsp3) is 0.150. The van der Waals surface area contributed by atoms with Gasteiger partial charge in [0.15, 0.2) is 18.3 Å². The van der Waals surface area contributed by atoms with Crippen LogP contribution < -0.4 is 10.6 Å². The molecule has 0 fully saturated rings. The van der Waals surface area contributed by atoms with Gasteiger partial charge in [-0.05, 0) is 52.7 Å². The molecule has 0 spiro atoms. The van der Waals surface area contributed by atoms with Crippen molar-refractivity contribution in [3.05, 3.63) is 88.3 Å². The molecular formula is C20H20BrN2O2+. The lowest BCUT2D eigenvalue weighted by molar-refractivity contribution is -0.678. The van der Waals surface area contributed by atoms with Gasteiger partial charge in [0.2, 0.25) is 0 Å². The zero-order chi connectivity index (χ0) is 17.6. The molecule has 2 aromatic carbocycles. The summed E-state index contributed by atoms with van der Waals surface area (Å²) in [4.78, 5) is 12.4. The molecule has 128 valence electrons. The van der Waals surface area contributed by atoms with Crippen molar-refractivity contribution >= 4 is 27.5 Å². The summed E-state index contributed by atoms with van der Waals surface area (Å²) in [6.45, 7) is 2.30. The van der Waals surface area contributed by atoms with E-state index in [1.807, 2.05) is 72.9 Å². The van der Waals surface area contributed by atoms with Gasteiger partial charge >= 0.3 is 0 Å². The number of amides is 1. The van der Waals surface area contributed by atoms with Crippen LogP contribution in [0.4, 0.5) is 5.69 Å². The highest BCUT2D eigenvalue weighted by atomic mass is 79.9. The van der Waals surface area contributed by atoms with Crippen molar-refractivity contribution in [3.8, 4) is 0 Å². The Labute approximate surface area is 155 Å². The van der Waals surface area contributed by atoms with Crippen molar-refractivity contribution in [2.24, 2.45) is 0 Å². The Morgan fingerprint density at radius 3 is 2.64 bits per heavy atom. The number of halogens is 1. The van der Waals surface area contributed by atoms with Crippen LogP contribution in [0, 0.1) is 6.92 Å². The highest BCUT2D eigenvalue weighted by Gasteiger charge is 2.21. The second-order valence-corrected chi connectivity index (χ2v) is 6.73. The lowest BCUT2D eigenvalue weighted by Gasteiger charge is -2.14. The Morgan fingerprint density at radius 1 is 1.16 bits per heavy atom. The molecule has 0 radical (unpaired) electrons. The van der Waals surface area contributed by atoms with Crippen molar-refractivity contribution in [1.29, 1.82) is 0 Å². The molecule has 0 bridgehead atoms. The molecule has 0 unspecified atom stereocenters. The maximum atomic E-state index is 12.4. The second-order valence-electron chi connectivity index (χ2n) is 5.88. The van der Waals surface area contributed by atoms with E-state index in [0.29, 0.717) is 6.54 Å². The second kappa shape index (κ2) is 8.14. The molecule has 0 saturated carbocycles. The number of furan rings is 1. The van der Waals surface area contributed by atoms with Gasteiger partial charge in [0.05, 0.1) is 12.0 Å². The predicted molar refractivity (Wildman–Crippen MR) is 101 cm³/mol. The minimum atomic E-state index is -0.0583. The third-order valence-electron chi connectivity index (χ3n) is 3.95. The average Bonchev–Trinajstić information content (AvgIpc) is 3.13. The third-order valence-corrected chi connectivity index (χ3v) is 4.60. The SMILES string of the molecule is Cc1ccc(NC(=O)C[NH2+][C@H](c2ccccc2)c2ccco2)c(Br)c1. The summed E-state index contributed by atoms with van der Waals surface area (Å²) in [6.07, 6.45) is 1.66. The van der Waals surface area contributed by atoms with Gasteiger partial charge in [-0.1, -0.05) is 36.4 Å². The molecule has 0 aliphatic heterocycles. The molecule has 25 heavy (non-hydrogen) atoms. The van der Waals surface area contributed by atoms with Crippen molar-refractivity contribution < 1.29 is 14.5 Å². The van der Waals surface area contributed by atoms with E-state index in [1.54, 1.807) is 6.26 Å². The fourth-order valence-electron chi connectivity index (χ4n) is 2.69. The van der Waals surface area contributed by atoms with E-state index in [2.05, 4.69) is 21.2 Å². The van der Waals surface area contributed by atoms with Crippen LogP contribution >= 0.6 is 15.9 Å². The third kappa shape index (κ3) is 4.59. The maximum absolute atomic E-state index is 12.4. The van der Waals surface area contributed by atoms with Gasteiger partial charge in [-0.3, -0.25) is 4.79 Å². The number of benzene rings is 2. The van der Waals surface area contributed by atoms with Crippen LogP contribution in [0.2, 0.25) is 0 Å². The molecule has 1 aromatic heterocycles. The van der Waals surface area contributed by atoms with Gasteiger partial charge in [0.1, 0.15) is 0 Å². The minimum Gasteiger partial charge on any atom is -0.463 e. The summed E-state index contributed by atoms with van der Waals surface area (Å²) in [5, 5.41) is 4.92. The van der Waals surface area contributed by atoms with Crippen molar-refractivity contribution in [2.45, 2.75) is 13.0 Å². The number of hydrogen-bond acceptors (Lipinski definition) is 2. The number of quaternary nitrogens is 1. The van der Waals surface area contributed by atoms with E-state index >= 15 is 0 Å². The van der Waals surface area contributed by atoms with Crippen LogP contribution in [0.1, 0.15) is 22.9 Å². The molecule has 3 N–H and O–H groups in total. The van der Waals surface area contributed by atoms with E-state index in [0.717, 1.165) is 27.0 Å². The Hall–Kier alpha value is -2.37. The Kier molecular flexibility index (Phi) is 5.68. The van der Waals surface area contributed by atoms with Crippen LogP contribution in [-0.4, -0.2) is 12.5 Å². The molecule has 0 saturated heterocycles. The van der Waals surface area contributed by atoms with Gasteiger partial charge < -0.3 is 15.1 Å². The van der Waals surface area contributed by atoms with E-state index in [-0.39, 0.29) is 11.9 Å². The van der Waals surface area contributed by atoms with E-state index in [9.17, 15) is 4.79 Å². The number of anilines is 1. The predicted octanol–water partition coefficient (Wildman–Crippen LogP) is 3.64. The molecule has 1 amide bonds. The first-order valence-electron chi connectivity index (χ1n) is 8.11. The molecule has 4 nitrogen and oxygen atoms in total. The van der Waals surface area contributed by atoms with Gasteiger partial charge in [-0.2, -0.15) is 0 Å². The number of aryl methyl sites for hydroxylation is 1. The van der Waals surface area contributed by atoms with Crippen molar-refractivity contribution in [2.75, 3.05) is 11.9 Å². The zero-order valence-electron chi connectivity index (χ0n) is 13.9. The van der Waals surface area contributed by atoms with Gasteiger partial charge in [0.25, 0.3) is 5.91 Å². The lowest BCUT2D eigenvalue weighted by atomic mass is 10.0. The summed E-state index contributed by atoms with van der Waals surface area (Å²) in [6, 6.07) is 19.6. The number of carbonyl (C=O) groups is 1. The highest BCUT2D eigenvalue weighted by molar-refractivity contribution is 9.10. The van der Waals surface area contributed by atoms with Gasteiger partial charge in [0, 0.05) is 10.0 Å². The van der Waals surface area contributed by atoms with Gasteiger partial charge in [-0.25, -0.2) is 0 Å². The molecule has 1 atom stereocenters. The maximum Gasteiger partial charge on any atom is 0.279 e. The monoisotopic (exact) mass is 399 g/mol. The molecule has 5 heteroatoms. The smallest absolute Gasteiger partial charge is 0.279 e. The zero-order valence-corrected chi connectivity index (χ0v) is 15.5.